The second kappa shape index (κ2) is 5.78. The average Bonchev–Trinajstić information content (AvgIpc) is 2.53. The van der Waals surface area contributed by atoms with Crippen molar-refractivity contribution in [2.45, 2.75) is 59.7 Å². The SMILES string of the molecule is CC(C)(C)C[C@@H]1CN(C(=O)C(C)(C)CC(F)(F)F)C[C@H]1N. The van der Waals surface area contributed by atoms with Gasteiger partial charge in [0.15, 0.2) is 0 Å². The number of nitrogens with zero attached hydrogens (tertiary/aromatic N) is 1. The minimum atomic E-state index is -4.34. The van der Waals surface area contributed by atoms with Crippen molar-refractivity contribution in [2.24, 2.45) is 22.5 Å². The van der Waals surface area contributed by atoms with E-state index < -0.39 is 23.9 Å². The molecule has 0 aromatic rings. The Balaban J connectivity index is 2.73. The molecule has 6 heteroatoms. The highest BCUT2D eigenvalue weighted by Gasteiger charge is 2.45. The largest absolute Gasteiger partial charge is 0.390 e. The molecule has 1 saturated heterocycles. The monoisotopic (exact) mass is 308 g/mol. The molecular weight excluding hydrogens is 281 g/mol. The van der Waals surface area contributed by atoms with Gasteiger partial charge in [-0.2, -0.15) is 13.2 Å². The predicted octanol–water partition coefficient (Wildman–Crippen LogP) is 3.19. The fourth-order valence-electron chi connectivity index (χ4n) is 3.07. The van der Waals surface area contributed by atoms with Crippen LogP contribution in [0, 0.1) is 16.7 Å². The first-order valence-corrected chi connectivity index (χ1v) is 7.33. The molecule has 1 aliphatic rings. The average molecular weight is 308 g/mol. The topological polar surface area (TPSA) is 46.3 Å². The zero-order valence-electron chi connectivity index (χ0n) is 13.5. The first-order chi connectivity index (χ1) is 9.21. The van der Waals surface area contributed by atoms with Gasteiger partial charge in [0.2, 0.25) is 5.91 Å². The number of likely N-dealkylation sites (tertiary alicyclic amines) is 1. The second-order valence-corrected chi connectivity index (χ2v) is 8.07. The Morgan fingerprint density at radius 2 is 1.67 bits per heavy atom. The van der Waals surface area contributed by atoms with E-state index in [0.29, 0.717) is 13.1 Å². The maximum Gasteiger partial charge on any atom is 0.390 e. The molecule has 21 heavy (non-hydrogen) atoms. The lowest BCUT2D eigenvalue weighted by atomic mass is 9.83. The summed E-state index contributed by atoms with van der Waals surface area (Å²) < 4.78 is 37.7. The number of hydrogen-bond donors (Lipinski definition) is 1. The van der Waals surface area contributed by atoms with Gasteiger partial charge in [-0.25, -0.2) is 0 Å². The summed E-state index contributed by atoms with van der Waals surface area (Å²) in [6.07, 6.45) is -4.59. The lowest BCUT2D eigenvalue weighted by molar-refractivity contribution is -0.169. The van der Waals surface area contributed by atoms with Crippen molar-refractivity contribution in [3.8, 4) is 0 Å². The third-order valence-corrected chi connectivity index (χ3v) is 3.87. The van der Waals surface area contributed by atoms with Gasteiger partial charge < -0.3 is 10.6 Å². The fraction of sp³-hybridized carbons (Fsp3) is 0.933. The lowest BCUT2D eigenvalue weighted by Crippen LogP contribution is -2.42. The molecule has 1 heterocycles. The van der Waals surface area contributed by atoms with Crippen LogP contribution in [0.3, 0.4) is 0 Å². The summed E-state index contributed by atoms with van der Waals surface area (Å²) >= 11 is 0. The van der Waals surface area contributed by atoms with Crippen molar-refractivity contribution in [1.29, 1.82) is 0 Å². The number of carbonyl (C=O) groups is 1. The van der Waals surface area contributed by atoms with E-state index in [9.17, 15) is 18.0 Å². The van der Waals surface area contributed by atoms with Crippen LogP contribution in [-0.4, -0.2) is 36.1 Å². The van der Waals surface area contributed by atoms with E-state index in [1.807, 2.05) is 0 Å². The maximum atomic E-state index is 12.6. The molecule has 0 aromatic carbocycles. The Morgan fingerprint density at radius 1 is 1.14 bits per heavy atom. The van der Waals surface area contributed by atoms with Gasteiger partial charge in [-0.05, 0) is 17.8 Å². The Kier molecular flexibility index (Phi) is 5.03. The summed E-state index contributed by atoms with van der Waals surface area (Å²) in [5, 5.41) is 0. The van der Waals surface area contributed by atoms with Crippen LogP contribution in [0.4, 0.5) is 13.2 Å². The van der Waals surface area contributed by atoms with Gasteiger partial charge in [-0.3, -0.25) is 4.79 Å². The highest BCUT2D eigenvalue weighted by molar-refractivity contribution is 5.82. The van der Waals surface area contributed by atoms with Gasteiger partial charge in [-0.1, -0.05) is 34.6 Å². The van der Waals surface area contributed by atoms with E-state index in [-0.39, 0.29) is 17.4 Å². The van der Waals surface area contributed by atoms with E-state index in [1.54, 1.807) is 0 Å². The molecular formula is C15H27F3N2O. The molecule has 0 unspecified atom stereocenters. The van der Waals surface area contributed by atoms with Crippen LogP contribution < -0.4 is 5.73 Å². The van der Waals surface area contributed by atoms with Crippen molar-refractivity contribution in [1.82, 2.24) is 4.90 Å². The molecule has 2 N–H and O–H groups in total. The summed E-state index contributed by atoms with van der Waals surface area (Å²) in [4.78, 5) is 13.9. The quantitative estimate of drug-likeness (QED) is 0.870. The molecule has 0 aromatic heterocycles. The van der Waals surface area contributed by atoms with E-state index >= 15 is 0 Å². The van der Waals surface area contributed by atoms with E-state index in [0.717, 1.165) is 6.42 Å². The second-order valence-electron chi connectivity index (χ2n) is 8.07. The Hall–Kier alpha value is -0.780. The molecule has 0 bridgehead atoms. The first-order valence-electron chi connectivity index (χ1n) is 7.33. The number of hydrogen-bond acceptors (Lipinski definition) is 2. The van der Waals surface area contributed by atoms with Crippen LogP contribution in [0.1, 0.15) is 47.5 Å². The molecule has 2 atom stereocenters. The third kappa shape index (κ3) is 5.49. The third-order valence-electron chi connectivity index (χ3n) is 3.87. The molecule has 124 valence electrons. The molecule has 1 aliphatic heterocycles. The van der Waals surface area contributed by atoms with Gasteiger partial charge in [-0.15, -0.1) is 0 Å². The molecule has 1 amide bonds. The molecule has 0 radical (unpaired) electrons. The highest BCUT2D eigenvalue weighted by atomic mass is 19.4. The van der Waals surface area contributed by atoms with Crippen molar-refractivity contribution < 1.29 is 18.0 Å². The first kappa shape index (κ1) is 18.3. The van der Waals surface area contributed by atoms with Crippen LogP contribution in [0.25, 0.3) is 0 Å². The zero-order valence-corrected chi connectivity index (χ0v) is 13.5. The minimum Gasteiger partial charge on any atom is -0.340 e. The number of amides is 1. The summed E-state index contributed by atoms with van der Waals surface area (Å²) in [5.74, 6) is -0.303. The predicted molar refractivity (Wildman–Crippen MR) is 76.6 cm³/mol. The van der Waals surface area contributed by atoms with Crippen LogP contribution in [0.5, 0.6) is 0 Å². The van der Waals surface area contributed by atoms with Crippen molar-refractivity contribution in [3.63, 3.8) is 0 Å². The van der Waals surface area contributed by atoms with Gasteiger partial charge in [0.25, 0.3) is 0 Å². The van der Waals surface area contributed by atoms with Crippen LogP contribution >= 0.6 is 0 Å². The number of halogens is 3. The highest BCUT2D eigenvalue weighted by Crippen LogP contribution is 2.37. The van der Waals surface area contributed by atoms with Crippen LogP contribution in [0.2, 0.25) is 0 Å². The zero-order chi connectivity index (χ0) is 16.6. The summed E-state index contributed by atoms with van der Waals surface area (Å²) in [6.45, 7) is 9.80. The summed E-state index contributed by atoms with van der Waals surface area (Å²) in [6, 6.07) is -0.158. The van der Waals surface area contributed by atoms with Crippen molar-refractivity contribution >= 4 is 5.91 Å². The summed E-state index contributed by atoms with van der Waals surface area (Å²) in [5.41, 5.74) is 4.72. The number of carbonyl (C=O) groups excluding carboxylic acids is 1. The fourth-order valence-corrected chi connectivity index (χ4v) is 3.07. The smallest absolute Gasteiger partial charge is 0.340 e. The van der Waals surface area contributed by atoms with Gasteiger partial charge in [0, 0.05) is 19.1 Å². The number of rotatable bonds is 3. The summed E-state index contributed by atoms with van der Waals surface area (Å²) in [7, 11) is 0. The molecule has 3 nitrogen and oxygen atoms in total. The standard InChI is InChI=1S/C15H27F3N2O/c1-13(2,3)6-10-7-20(8-11(10)19)12(21)14(4,5)9-15(16,17)18/h10-11H,6-9,19H2,1-5H3/t10-,11-/m1/s1. The maximum absolute atomic E-state index is 12.6. The van der Waals surface area contributed by atoms with E-state index in [2.05, 4.69) is 20.8 Å². The van der Waals surface area contributed by atoms with Crippen LogP contribution in [-0.2, 0) is 4.79 Å². The molecule has 0 aliphatic carbocycles. The molecule has 1 fully saturated rings. The lowest BCUT2D eigenvalue weighted by Gasteiger charge is -2.30. The normalized spacial score (nSPS) is 24.5. The molecule has 1 rings (SSSR count). The van der Waals surface area contributed by atoms with E-state index in [1.165, 1.54) is 18.7 Å². The Morgan fingerprint density at radius 3 is 2.10 bits per heavy atom. The van der Waals surface area contributed by atoms with Gasteiger partial charge >= 0.3 is 6.18 Å². The van der Waals surface area contributed by atoms with Gasteiger partial charge in [0.05, 0.1) is 11.8 Å². The number of nitrogens with two attached hydrogens (primary N) is 1. The minimum absolute atomic E-state index is 0.0861. The van der Waals surface area contributed by atoms with E-state index in [4.69, 9.17) is 5.73 Å². The van der Waals surface area contributed by atoms with Crippen molar-refractivity contribution in [3.05, 3.63) is 0 Å². The Labute approximate surface area is 125 Å². The number of alkyl halides is 3. The molecule has 0 saturated carbocycles. The van der Waals surface area contributed by atoms with Crippen molar-refractivity contribution in [2.75, 3.05) is 13.1 Å². The Bertz CT molecular complexity index is 385. The van der Waals surface area contributed by atoms with Crippen LogP contribution in [0.15, 0.2) is 0 Å². The van der Waals surface area contributed by atoms with Gasteiger partial charge in [0.1, 0.15) is 0 Å². The molecule has 0 spiro atoms.